The molecule has 0 saturated heterocycles. The van der Waals surface area contributed by atoms with Gasteiger partial charge in [0.2, 0.25) is 0 Å². The molecule has 0 aliphatic heterocycles. The monoisotopic (exact) mass is 863 g/mol. The van der Waals surface area contributed by atoms with Gasteiger partial charge in [-0.1, -0.05) is 126 Å². The Morgan fingerprint density at radius 1 is 0.818 bits per heavy atom. The van der Waals surface area contributed by atoms with Crippen molar-refractivity contribution in [2.45, 2.75) is 81.1 Å². The van der Waals surface area contributed by atoms with Crippen LogP contribution in [0.4, 0.5) is 0 Å². The number of hydrogen-bond acceptors (Lipinski definition) is 0. The predicted octanol–water partition coefficient (Wildman–Crippen LogP) is 14.8. The van der Waals surface area contributed by atoms with Crippen molar-refractivity contribution >= 4 is 56.5 Å². The summed E-state index contributed by atoms with van der Waals surface area (Å²) in [5.41, 5.74) is 11.5. The maximum atomic E-state index is 5.66. The molecule has 0 heterocycles. The van der Waals surface area contributed by atoms with Crippen LogP contribution in [-0.4, -0.2) is 3.71 Å². The van der Waals surface area contributed by atoms with E-state index in [1.165, 1.54) is 64.5 Å². The Balaban J connectivity index is 0.000000210. The quantitative estimate of drug-likeness (QED) is 0.167. The van der Waals surface area contributed by atoms with Crippen molar-refractivity contribution in [2.24, 2.45) is 27.6 Å². The third-order valence-electron chi connectivity index (χ3n) is 14.0. The minimum absolute atomic E-state index is 0. The van der Waals surface area contributed by atoms with E-state index in [-0.39, 0.29) is 46.5 Å². The first-order valence-corrected chi connectivity index (χ1v) is 21.0. The van der Waals surface area contributed by atoms with Crippen molar-refractivity contribution in [2.75, 3.05) is 0 Å². The first-order chi connectivity index (χ1) is 25.3. The minimum atomic E-state index is 0. The van der Waals surface area contributed by atoms with Gasteiger partial charge in [0.15, 0.2) is 0 Å². The molecule has 0 spiro atoms. The Labute approximate surface area is 364 Å². The third-order valence-corrected chi connectivity index (χ3v) is 15.1. The number of halogens is 3. The van der Waals surface area contributed by atoms with E-state index in [0.717, 1.165) is 17.9 Å². The molecule has 4 heteroatoms. The van der Waals surface area contributed by atoms with Crippen LogP contribution in [0.3, 0.4) is 0 Å². The largest absolute Gasteiger partial charge is 0.273 e. The third kappa shape index (κ3) is 8.21. The summed E-state index contributed by atoms with van der Waals surface area (Å²) in [5.74, 6) is 2.24. The molecule has 0 N–H and O–H groups in total. The smallest absolute Gasteiger partial charge is 0.0801 e. The Kier molecular flexibility index (Phi) is 15.0. The van der Waals surface area contributed by atoms with Gasteiger partial charge in [-0.3, -0.25) is 6.08 Å². The van der Waals surface area contributed by atoms with E-state index in [2.05, 4.69) is 132 Å². The van der Waals surface area contributed by atoms with Crippen molar-refractivity contribution in [3.8, 4) is 0 Å². The molecule has 5 aliphatic carbocycles. The molecule has 9 rings (SSSR count). The molecule has 4 aromatic rings. The van der Waals surface area contributed by atoms with Crippen LogP contribution in [0.1, 0.15) is 91.3 Å². The normalized spacial score (nSPS) is 22.4. The first-order valence-electron chi connectivity index (χ1n) is 19.2. The fraction of sp³-hybridized carbons (Fsp3) is 0.333. The van der Waals surface area contributed by atoms with E-state index < -0.39 is 0 Å². The fourth-order valence-electron chi connectivity index (χ4n) is 9.53. The van der Waals surface area contributed by atoms with Gasteiger partial charge in [-0.05, 0) is 40.6 Å². The van der Waals surface area contributed by atoms with Crippen LogP contribution in [0.25, 0.3) is 16.3 Å². The standard InChI is InChI=1S/C29H37.C10H7.C7H5Cl.C5H5.2ClH.Zr/c1-18-25-22-17-19-13-9-10-14-20(19)24(22)21-15-11-12-16-23(21)29(25,8)28(6,7)27(4,5)26(18,2)3;1-2-6-10-8-4-3-7-9(10)5-1;1-6-2-4-7(8)5-3-6;1-2-4-5-3-1;;;/h9-11,13-15,23H,12,16-17H2,1-8H3;1-7H;1-5H;1-3H,4H2;2*1H;/q2*-1;;-1;;;. The van der Waals surface area contributed by atoms with Crippen molar-refractivity contribution in [1.29, 1.82) is 0 Å². The van der Waals surface area contributed by atoms with Crippen LogP contribution in [0.15, 0.2) is 138 Å². The van der Waals surface area contributed by atoms with E-state index in [1.54, 1.807) is 28.2 Å². The van der Waals surface area contributed by atoms with E-state index in [4.69, 9.17) is 11.6 Å². The van der Waals surface area contributed by atoms with Crippen molar-refractivity contribution < 1.29 is 24.2 Å². The van der Waals surface area contributed by atoms with Crippen molar-refractivity contribution in [3.63, 3.8) is 0 Å². The first kappa shape index (κ1) is 45.0. The topological polar surface area (TPSA) is 0 Å². The zero-order valence-corrected chi connectivity index (χ0v) is 38.6. The molecule has 0 nitrogen and oxygen atoms in total. The summed E-state index contributed by atoms with van der Waals surface area (Å²) in [4.78, 5) is 0. The van der Waals surface area contributed by atoms with Crippen LogP contribution in [0.2, 0.25) is 5.02 Å². The summed E-state index contributed by atoms with van der Waals surface area (Å²) in [7, 11) is 0. The molecular formula is C51H56Cl3Zr-3. The summed E-state index contributed by atoms with van der Waals surface area (Å²) in [5, 5.41) is 3.24. The van der Waals surface area contributed by atoms with Gasteiger partial charge in [-0.15, -0.1) is 85.3 Å². The minimum Gasteiger partial charge on any atom is -0.273 e. The SMILES string of the molecule is C[C-]1C2=C3Cc4ccccc4C3=C3C=CCCC3C2(C)C(C)(C)C(C)(C)C1(C)C.Cl.Cl.Clc1ccc([CH]=[Zr])cc1.[C-]1=CC=CC1.[c-]1cccc2ccccc12. The predicted molar refractivity (Wildman–Crippen MR) is 240 cm³/mol. The molecule has 0 aromatic heterocycles. The zero-order valence-electron chi connectivity index (χ0n) is 33.7. The van der Waals surface area contributed by atoms with Gasteiger partial charge in [0.05, 0.1) is 0 Å². The van der Waals surface area contributed by atoms with E-state index in [9.17, 15) is 0 Å². The molecule has 5 aliphatic rings. The average molecular weight is 867 g/mol. The molecule has 1 saturated carbocycles. The van der Waals surface area contributed by atoms with Crippen LogP contribution < -0.4 is 0 Å². The average Bonchev–Trinajstić information content (AvgIpc) is 3.88. The number of rotatable bonds is 1. The van der Waals surface area contributed by atoms with E-state index >= 15 is 0 Å². The van der Waals surface area contributed by atoms with Gasteiger partial charge in [0.25, 0.3) is 0 Å². The Hall–Kier alpha value is -2.67. The fourth-order valence-corrected chi connectivity index (χ4v) is 10.1. The van der Waals surface area contributed by atoms with Crippen LogP contribution in [0, 0.1) is 45.6 Å². The van der Waals surface area contributed by atoms with Gasteiger partial charge in [0, 0.05) is 0 Å². The summed E-state index contributed by atoms with van der Waals surface area (Å²) >= 11 is 7.08. The van der Waals surface area contributed by atoms with Crippen molar-refractivity contribution in [3.05, 3.63) is 178 Å². The number of hydrogen-bond donors (Lipinski definition) is 0. The molecule has 2 atom stereocenters. The van der Waals surface area contributed by atoms with Gasteiger partial charge in [-0.25, -0.2) is 18.1 Å². The molecule has 0 amide bonds. The second-order valence-corrected chi connectivity index (χ2v) is 17.9. The Bertz CT molecular complexity index is 2050. The number of benzene rings is 4. The molecule has 0 bridgehead atoms. The molecule has 288 valence electrons. The number of allylic oxidation sites excluding steroid dienone is 10. The molecular weight excluding hydrogens is 810 g/mol. The molecule has 2 unspecified atom stereocenters. The molecule has 1 fully saturated rings. The maximum Gasteiger partial charge on any atom is -0.0801 e. The summed E-state index contributed by atoms with van der Waals surface area (Å²) in [6.45, 7) is 20.3. The van der Waals surface area contributed by atoms with E-state index in [0.29, 0.717) is 5.92 Å². The second-order valence-electron chi connectivity index (χ2n) is 16.7. The van der Waals surface area contributed by atoms with Gasteiger partial charge < -0.3 is 0 Å². The van der Waals surface area contributed by atoms with Crippen LogP contribution in [0.5, 0.6) is 0 Å². The van der Waals surface area contributed by atoms with Crippen molar-refractivity contribution in [1.82, 2.24) is 0 Å². The second kappa shape index (κ2) is 18.3. The van der Waals surface area contributed by atoms with Gasteiger partial charge >= 0.3 is 74.4 Å². The zero-order chi connectivity index (χ0) is 38.0. The van der Waals surface area contributed by atoms with Crippen LogP contribution >= 0.6 is 36.4 Å². The van der Waals surface area contributed by atoms with Crippen LogP contribution in [-0.2, 0) is 30.7 Å². The Morgan fingerprint density at radius 3 is 2.13 bits per heavy atom. The summed E-state index contributed by atoms with van der Waals surface area (Å²) < 4.78 is 2.13. The maximum absolute atomic E-state index is 5.66. The molecule has 4 aromatic carbocycles. The molecule has 55 heavy (non-hydrogen) atoms. The summed E-state index contributed by atoms with van der Waals surface area (Å²) in [6, 6.07) is 34.4. The van der Waals surface area contributed by atoms with E-state index in [1.807, 2.05) is 60.7 Å². The van der Waals surface area contributed by atoms with Gasteiger partial charge in [0.1, 0.15) is 0 Å². The summed E-state index contributed by atoms with van der Waals surface area (Å²) in [6.07, 6.45) is 18.5. The number of fused-ring (bicyclic) bond motifs is 7. The Morgan fingerprint density at radius 2 is 1.49 bits per heavy atom. The molecule has 0 radical (unpaired) electrons. The van der Waals surface area contributed by atoms with Gasteiger partial charge in [-0.2, -0.15) is 17.2 Å².